The van der Waals surface area contributed by atoms with Gasteiger partial charge in [0.25, 0.3) is 5.56 Å². The maximum atomic E-state index is 12.4. The van der Waals surface area contributed by atoms with Crippen molar-refractivity contribution in [3.63, 3.8) is 0 Å². The highest BCUT2D eigenvalue weighted by Gasteiger charge is 2.13. The van der Waals surface area contributed by atoms with Crippen LogP contribution in [-0.2, 0) is 6.54 Å². The van der Waals surface area contributed by atoms with Crippen molar-refractivity contribution in [2.24, 2.45) is 5.92 Å². The van der Waals surface area contributed by atoms with Crippen molar-refractivity contribution in [1.29, 1.82) is 0 Å². The summed E-state index contributed by atoms with van der Waals surface area (Å²) < 4.78 is 1.51. The molecule has 7 heteroatoms. The van der Waals surface area contributed by atoms with Crippen LogP contribution in [0.4, 0.5) is 5.13 Å². The Kier molecular flexibility index (Phi) is 5.06. The van der Waals surface area contributed by atoms with E-state index in [2.05, 4.69) is 34.5 Å². The highest BCUT2D eigenvalue weighted by atomic mass is 32.1. The van der Waals surface area contributed by atoms with Crippen LogP contribution in [0, 0.1) is 12.8 Å². The van der Waals surface area contributed by atoms with Crippen LogP contribution in [0.25, 0.3) is 10.6 Å². The molecule has 21 heavy (non-hydrogen) atoms. The first-order valence-corrected chi connectivity index (χ1v) is 7.99. The molecule has 1 N–H and O–H groups in total. The minimum Gasteiger partial charge on any atom is -0.360 e. The van der Waals surface area contributed by atoms with Crippen LogP contribution < -0.4 is 10.9 Å². The molecule has 0 radical (unpaired) electrons. The Morgan fingerprint density at radius 3 is 2.81 bits per heavy atom. The molecule has 0 aliphatic carbocycles. The predicted molar refractivity (Wildman–Crippen MR) is 85.8 cm³/mol. The lowest BCUT2D eigenvalue weighted by atomic mass is 10.2. The zero-order chi connectivity index (χ0) is 15.4. The van der Waals surface area contributed by atoms with Crippen LogP contribution in [0.1, 0.15) is 32.9 Å². The normalized spacial score (nSPS) is 11.1. The van der Waals surface area contributed by atoms with Gasteiger partial charge in [-0.2, -0.15) is 5.10 Å². The Balaban J connectivity index is 2.31. The summed E-state index contributed by atoms with van der Waals surface area (Å²) in [5.74, 6) is 0.530. The lowest BCUT2D eigenvalue weighted by Gasteiger charge is -2.05. The van der Waals surface area contributed by atoms with Gasteiger partial charge >= 0.3 is 0 Å². The van der Waals surface area contributed by atoms with E-state index in [0.29, 0.717) is 23.0 Å². The Labute approximate surface area is 128 Å². The zero-order valence-corrected chi connectivity index (χ0v) is 13.7. The number of anilines is 1. The first-order valence-electron chi connectivity index (χ1n) is 7.17. The van der Waals surface area contributed by atoms with Crippen LogP contribution in [-0.4, -0.2) is 26.5 Å². The molecule has 0 aliphatic rings. The smallest absolute Gasteiger partial charge is 0.277 e. The second-order valence-corrected chi connectivity index (χ2v) is 6.39. The third-order valence-electron chi connectivity index (χ3n) is 2.85. The fourth-order valence-electron chi connectivity index (χ4n) is 1.89. The number of nitrogens with one attached hydrogen (secondary N) is 1. The van der Waals surface area contributed by atoms with E-state index in [1.165, 1.54) is 16.0 Å². The summed E-state index contributed by atoms with van der Waals surface area (Å²) in [6.07, 6.45) is 0.868. The van der Waals surface area contributed by atoms with E-state index in [9.17, 15) is 4.79 Å². The number of aromatic nitrogens is 4. The molecule has 0 saturated carbocycles. The lowest BCUT2D eigenvalue weighted by Crippen LogP contribution is -2.25. The molecule has 0 atom stereocenters. The number of hydrogen-bond acceptors (Lipinski definition) is 6. The summed E-state index contributed by atoms with van der Waals surface area (Å²) in [7, 11) is 0. The maximum Gasteiger partial charge on any atom is 0.277 e. The molecular formula is C14H21N5OS. The molecule has 0 unspecified atom stereocenters. The number of aryl methyl sites for hydroxylation is 2. The van der Waals surface area contributed by atoms with Gasteiger partial charge in [-0.1, -0.05) is 32.1 Å². The minimum atomic E-state index is -0.103. The molecule has 0 bridgehead atoms. The third-order valence-corrected chi connectivity index (χ3v) is 3.76. The quantitative estimate of drug-likeness (QED) is 0.888. The van der Waals surface area contributed by atoms with Crippen molar-refractivity contribution in [2.75, 3.05) is 11.9 Å². The highest BCUT2D eigenvalue weighted by molar-refractivity contribution is 7.18. The molecule has 2 aromatic rings. The van der Waals surface area contributed by atoms with Crippen molar-refractivity contribution < 1.29 is 0 Å². The summed E-state index contributed by atoms with van der Waals surface area (Å²) >= 11 is 1.40. The standard InChI is InChI=1S/C14H21N5OS/c1-5-6-19-13(20)11(7-10(4)18-19)12-16-17-14(21-12)15-8-9(2)3/h7,9H,5-6,8H2,1-4H3,(H,15,17). The van der Waals surface area contributed by atoms with Gasteiger partial charge in [-0.05, 0) is 25.3 Å². The van der Waals surface area contributed by atoms with Gasteiger partial charge in [0, 0.05) is 13.1 Å². The van der Waals surface area contributed by atoms with E-state index in [1.807, 2.05) is 13.8 Å². The van der Waals surface area contributed by atoms with E-state index in [1.54, 1.807) is 6.07 Å². The molecule has 6 nitrogen and oxygen atoms in total. The van der Waals surface area contributed by atoms with Gasteiger partial charge in [-0.3, -0.25) is 4.79 Å². The minimum absolute atomic E-state index is 0.103. The fraction of sp³-hybridized carbons (Fsp3) is 0.571. The van der Waals surface area contributed by atoms with Crippen molar-refractivity contribution in [2.45, 2.75) is 40.7 Å². The molecule has 0 aromatic carbocycles. The average molecular weight is 307 g/mol. The van der Waals surface area contributed by atoms with Gasteiger partial charge < -0.3 is 5.32 Å². The molecular weight excluding hydrogens is 286 g/mol. The Bertz CT molecular complexity index is 662. The molecule has 0 spiro atoms. The van der Waals surface area contributed by atoms with E-state index in [4.69, 9.17) is 0 Å². The second kappa shape index (κ2) is 6.80. The van der Waals surface area contributed by atoms with Gasteiger partial charge in [0.15, 0.2) is 5.01 Å². The summed E-state index contributed by atoms with van der Waals surface area (Å²) in [4.78, 5) is 12.4. The van der Waals surface area contributed by atoms with Crippen LogP contribution in [0.2, 0.25) is 0 Å². The van der Waals surface area contributed by atoms with Crippen LogP contribution in [0.5, 0.6) is 0 Å². The SMILES string of the molecule is CCCn1nc(C)cc(-c2nnc(NCC(C)C)s2)c1=O. The van der Waals surface area contributed by atoms with E-state index >= 15 is 0 Å². The largest absolute Gasteiger partial charge is 0.360 e. The van der Waals surface area contributed by atoms with Gasteiger partial charge in [-0.15, -0.1) is 10.2 Å². The molecule has 2 rings (SSSR count). The number of nitrogens with zero attached hydrogens (tertiary/aromatic N) is 4. The first kappa shape index (κ1) is 15.6. The van der Waals surface area contributed by atoms with Crippen molar-refractivity contribution in [3.8, 4) is 10.6 Å². The fourth-order valence-corrected chi connectivity index (χ4v) is 2.64. The maximum absolute atomic E-state index is 12.4. The first-order chi connectivity index (χ1) is 10.0. The van der Waals surface area contributed by atoms with Gasteiger partial charge in [-0.25, -0.2) is 4.68 Å². The number of rotatable bonds is 6. The molecule has 114 valence electrons. The third kappa shape index (κ3) is 3.87. The Morgan fingerprint density at radius 1 is 1.38 bits per heavy atom. The predicted octanol–water partition coefficient (Wildman–Crippen LogP) is 2.55. The van der Waals surface area contributed by atoms with Crippen molar-refractivity contribution >= 4 is 16.5 Å². The summed E-state index contributed by atoms with van der Waals surface area (Å²) in [6, 6.07) is 1.78. The van der Waals surface area contributed by atoms with Crippen LogP contribution in [0.15, 0.2) is 10.9 Å². The Hall–Kier alpha value is -1.76. The monoisotopic (exact) mass is 307 g/mol. The summed E-state index contributed by atoms with van der Waals surface area (Å²) in [6.45, 7) is 9.62. The van der Waals surface area contributed by atoms with E-state index in [0.717, 1.165) is 23.8 Å². The Morgan fingerprint density at radius 2 is 2.14 bits per heavy atom. The summed E-state index contributed by atoms with van der Waals surface area (Å²) in [5, 5.41) is 17.1. The molecule has 0 amide bonds. The topological polar surface area (TPSA) is 72.7 Å². The highest BCUT2D eigenvalue weighted by Crippen LogP contribution is 2.24. The van der Waals surface area contributed by atoms with Gasteiger partial charge in [0.2, 0.25) is 5.13 Å². The van der Waals surface area contributed by atoms with E-state index in [-0.39, 0.29) is 5.56 Å². The van der Waals surface area contributed by atoms with Crippen LogP contribution in [0.3, 0.4) is 0 Å². The molecule has 0 saturated heterocycles. The number of hydrogen-bond donors (Lipinski definition) is 1. The van der Waals surface area contributed by atoms with Crippen molar-refractivity contribution in [1.82, 2.24) is 20.0 Å². The summed E-state index contributed by atoms with van der Waals surface area (Å²) in [5.41, 5.74) is 1.28. The van der Waals surface area contributed by atoms with Crippen LogP contribution >= 0.6 is 11.3 Å². The molecule has 0 fully saturated rings. The molecule has 0 aliphatic heterocycles. The van der Waals surface area contributed by atoms with Crippen molar-refractivity contribution in [3.05, 3.63) is 22.1 Å². The van der Waals surface area contributed by atoms with E-state index < -0.39 is 0 Å². The second-order valence-electron chi connectivity index (χ2n) is 5.41. The average Bonchev–Trinajstić information content (AvgIpc) is 2.89. The molecule has 2 heterocycles. The lowest BCUT2D eigenvalue weighted by molar-refractivity contribution is 0.562. The van der Waals surface area contributed by atoms with Gasteiger partial charge in [0.05, 0.1) is 11.3 Å². The zero-order valence-electron chi connectivity index (χ0n) is 12.9. The van der Waals surface area contributed by atoms with Gasteiger partial charge in [0.1, 0.15) is 0 Å². The molecule has 2 aromatic heterocycles.